The van der Waals surface area contributed by atoms with Crippen LogP contribution in [0.3, 0.4) is 0 Å². The van der Waals surface area contributed by atoms with Crippen LogP contribution in [0.25, 0.3) is 10.8 Å². The zero-order valence-corrected chi connectivity index (χ0v) is 17.5. The molecular weight excluding hydrogens is 492 g/mol. The van der Waals surface area contributed by atoms with Crippen LogP contribution in [0, 0.1) is 0 Å². The summed E-state index contributed by atoms with van der Waals surface area (Å²) in [5.41, 5.74) is 3.14. The van der Waals surface area contributed by atoms with Crippen molar-refractivity contribution in [3.63, 3.8) is 0 Å². The number of phenols is 1. The van der Waals surface area contributed by atoms with Crippen molar-refractivity contribution < 1.29 is 19.4 Å². The van der Waals surface area contributed by atoms with E-state index in [2.05, 4.69) is 42.4 Å². The molecular formula is C20H14Br2N2O4. The Labute approximate surface area is 177 Å². The Morgan fingerprint density at radius 3 is 2.43 bits per heavy atom. The SMILES string of the molecule is O=C(N/N=C\c1cc(Br)c(O)c(Br)c1)C1COc2cc3ccccc3cc2O1. The third-order valence-corrected chi connectivity index (χ3v) is 5.40. The Kier molecular flexibility index (Phi) is 5.23. The largest absolute Gasteiger partial charge is 0.506 e. The molecule has 1 heterocycles. The van der Waals surface area contributed by atoms with Crippen molar-refractivity contribution in [2.24, 2.45) is 5.10 Å². The van der Waals surface area contributed by atoms with Gasteiger partial charge in [0.2, 0.25) is 6.10 Å². The number of halogens is 2. The number of hydrogen-bond acceptors (Lipinski definition) is 5. The van der Waals surface area contributed by atoms with E-state index in [1.54, 1.807) is 12.1 Å². The minimum atomic E-state index is -0.802. The smallest absolute Gasteiger partial charge is 0.284 e. The van der Waals surface area contributed by atoms with E-state index in [1.807, 2.05) is 36.4 Å². The van der Waals surface area contributed by atoms with Gasteiger partial charge in [0.1, 0.15) is 12.4 Å². The van der Waals surface area contributed by atoms with E-state index >= 15 is 0 Å². The average molecular weight is 506 g/mol. The van der Waals surface area contributed by atoms with Gasteiger partial charge in [-0.05, 0) is 72.5 Å². The Hall–Kier alpha value is -2.58. The molecule has 142 valence electrons. The predicted molar refractivity (Wildman–Crippen MR) is 113 cm³/mol. The van der Waals surface area contributed by atoms with Gasteiger partial charge in [0, 0.05) is 0 Å². The summed E-state index contributed by atoms with van der Waals surface area (Å²) in [5.74, 6) is 0.831. The zero-order valence-electron chi connectivity index (χ0n) is 14.4. The lowest BCUT2D eigenvalue weighted by atomic mass is 10.1. The minimum Gasteiger partial charge on any atom is -0.506 e. The molecule has 1 unspecified atom stereocenters. The summed E-state index contributed by atoms with van der Waals surface area (Å²) >= 11 is 6.49. The van der Waals surface area contributed by atoms with E-state index in [1.165, 1.54) is 6.21 Å². The van der Waals surface area contributed by atoms with Crippen molar-refractivity contribution in [1.82, 2.24) is 5.43 Å². The van der Waals surface area contributed by atoms with Crippen LogP contribution in [0.5, 0.6) is 17.2 Å². The average Bonchev–Trinajstić information content (AvgIpc) is 2.69. The monoisotopic (exact) mass is 504 g/mol. The summed E-state index contributed by atoms with van der Waals surface area (Å²) in [5, 5.41) is 15.7. The highest BCUT2D eigenvalue weighted by Gasteiger charge is 2.27. The number of nitrogens with one attached hydrogen (secondary N) is 1. The number of aromatic hydroxyl groups is 1. The van der Waals surface area contributed by atoms with Gasteiger partial charge in [-0.2, -0.15) is 5.10 Å². The third-order valence-electron chi connectivity index (χ3n) is 4.19. The van der Waals surface area contributed by atoms with Gasteiger partial charge >= 0.3 is 0 Å². The molecule has 1 aliphatic rings. The highest BCUT2D eigenvalue weighted by Crippen LogP contribution is 2.36. The predicted octanol–water partition coefficient (Wildman–Crippen LogP) is 4.36. The number of carbonyl (C=O) groups is 1. The molecule has 0 aromatic heterocycles. The summed E-state index contributed by atoms with van der Waals surface area (Å²) in [7, 11) is 0. The lowest BCUT2D eigenvalue weighted by molar-refractivity contribution is -0.130. The molecule has 1 aliphatic heterocycles. The molecule has 0 spiro atoms. The standard InChI is InChI=1S/C20H14Br2N2O4/c21-14-5-11(6-15(22)19(14)25)9-23-24-20(26)18-10-27-16-7-12-3-1-2-4-13(12)8-17(16)28-18/h1-9,18,25H,10H2,(H,24,26)/b23-9-. The van der Waals surface area contributed by atoms with Crippen LogP contribution in [0.2, 0.25) is 0 Å². The molecule has 0 radical (unpaired) electrons. The van der Waals surface area contributed by atoms with Gasteiger partial charge in [-0.3, -0.25) is 4.79 Å². The molecule has 0 saturated carbocycles. The van der Waals surface area contributed by atoms with Gasteiger partial charge in [0.25, 0.3) is 5.91 Å². The number of rotatable bonds is 3. The Balaban J connectivity index is 1.44. The fourth-order valence-electron chi connectivity index (χ4n) is 2.79. The normalized spacial score (nSPS) is 15.7. The van der Waals surface area contributed by atoms with Crippen molar-refractivity contribution in [2.45, 2.75) is 6.10 Å². The molecule has 28 heavy (non-hydrogen) atoms. The van der Waals surface area contributed by atoms with Crippen LogP contribution in [-0.2, 0) is 4.79 Å². The Morgan fingerprint density at radius 2 is 1.75 bits per heavy atom. The number of phenolic OH excluding ortho intramolecular Hbond substituents is 1. The maximum Gasteiger partial charge on any atom is 0.284 e. The van der Waals surface area contributed by atoms with Crippen molar-refractivity contribution in [3.05, 3.63) is 63.0 Å². The van der Waals surface area contributed by atoms with Gasteiger partial charge in [-0.1, -0.05) is 24.3 Å². The van der Waals surface area contributed by atoms with E-state index < -0.39 is 12.0 Å². The van der Waals surface area contributed by atoms with Gasteiger partial charge in [-0.15, -0.1) is 0 Å². The second-order valence-corrected chi connectivity index (χ2v) is 7.84. The van der Waals surface area contributed by atoms with Crippen LogP contribution < -0.4 is 14.9 Å². The van der Waals surface area contributed by atoms with E-state index in [-0.39, 0.29) is 12.4 Å². The first-order valence-electron chi connectivity index (χ1n) is 8.34. The maximum atomic E-state index is 12.4. The van der Waals surface area contributed by atoms with Crippen LogP contribution in [0.4, 0.5) is 0 Å². The zero-order chi connectivity index (χ0) is 19.7. The highest BCUT2D eigenvalue weighted by atomic mass is 79.9. The molecule has 0 bridgehead atoms. The van der Waals surface area contributed by atoms with Crippen molar-refractivity contribution in [3.8, 4) is 17.2 Å². The quantitative estimate of drug-likeness (QED) is 0.409. The number of nitrogens with zero attached hydrogens (tertiary/aromatic N) is 1. The molecule has 8 heteroatoms. The van der Waals surface area contributed by atoms with Gasteiger partial charge < -0.3 is 14.6 Å². The summed E-state index contributed by atoms with van der Waals surface area (Å²) in [6, 6.07) is 15.0. The molecule has 0 fully saturated rings. The Morgan fingerprint density at radius 1 is 1.11 bits per heavy atom. The number of fused-ring (bicyclic) bond motifs is 2. The molecule has 1 atom stereocenters. The summed E-state index contributed by atoms with van der Waals surface area (Å²) in [6.45, 7) is 0.100. The van der Waals surface area contributed by atoms with Gasteiger partial charge in [-0.25, -0.2) is 5.43 Å². The molecule has 0 aliphatic carbocycles. The third kappa shape index (κ3) is 3.83. The van der Waals surface area contributed by atoms with Crippen molar-refractivity contribution >= 4 is 54.8 Å². The molecule has 6 nitrogen and oxygen atoms in total. The second-order valence-electron chi connectivity index (χ2n) is 6.13. The molecule has 3 aromatic rings. The molecule has 4 rings (SSSR count). The Bertz CT molecular complexity index is 1080. The van der Waals surface area contributed by atoms with E-state index in [0.717, 1.165) is 10.8 Å². The number of ether oxygens (including phenoxy) is 2. The fourth-order valence-corrected chi connectivity index (χ4v) is 4.01. The summed E-state index contributed by atoms with van der Waals surface area (Å²) in [6.07, 6.45) is 0.668. The molecule has 0 saturated heterocycles. The van der Waals surface area contributed by atoms with E-state index in [0.29, 0.717) is 26.0 Å². The van der Waals surface area contributed by atoms with Crippen molar-refractivity contribution in [2.75, 3.05) is 6.61 Å². The van der Waals surface area contributed by atoms with Crippen LogP contribution >= 0.6 is 31.9 Å². The number of benzene rings is 3. The molecule has 2 N–H and O–H groups in total. The van der Waals surface area contributed by atoms with Crippen molar-refractivity contribution in [1.29, 1.82) is 0 Å². The first-order valence-corrected chi connectivity index (χ1v) is 9.93. The topological polar surface area (TPSA) is 80.2 Å². The van der Waals surface area contributed by atoms with Gasteiger partial charge in [0.05, 0.1) is 15.2 Å². The number of amides is 1. The van der Waals surface area contributed by atoms with E-state index in [9.17, 15) is 9.90 Å². The van der Waals surface area contributed by atoms with Crippen LogP contribution in [0.1, 0.15) is 5.56 Å². The van der Waals surface area contributed by atoms with Crippen LogP contribution in [0.15, 0.2) is 62.6 Å². The lowest BCUT2D eigenvalue weighted by Gasteiger charge is -2.25. The first-order chi connectivity index (χ1) is 13.5. The summed E-state index contributed by atoms with van der Waals surface area (Å²) in [4.78, 5) is 12.4. The van der Waals surface area contributed by atoms with Crippen LogP contribution in [-0.4, -0.2) is 29.9 Å². The number of hydrogen-bond donors (Lipinski definition) is 2. The maximum absolute atomic E-state index is 12.4. The highest BCUT2D eigenvalue weighted by molar-refractivity contribution is 9.11. The first kappa shape index (κ1) is 18.8. The number of carbonyl (C=O) groups excluding carboxylic acids is 1. The fraction of sp³-hybridized carbons (Fsp3) is 0.100. The van der Waals surface area contributed by atoms with E-state index in [4.69, 9.17) is 9.47 Å². The van der Waals surface area contributed by atoms with Gasteiger partial charge in [0.15, 0.2) is 11.5 Å². The summed E-state index contributed by atoms with van der Waals surface area (Å²) < 4.78 is 12.5. The molecule has 1 amide bonds. The minimum absolute atomic E-state index is 0.0973. The molecule has 3 aromatic carbocycles. The lowest BCUT2D eigenvalue weighted by Crippen LogP contribution is -2.42. The number of hydrazone groups is 1. The second kappa shape index (κ2) is 7.81.